The third-order valence-corrected chi connectivity index (χ3v) is 6.85. The fourth-order valence-corrected chi connectivity index (χ4v) is 5.15. The van der Waals surface area contributed by atoms with Gasteiger partial charge in [-0.3, -0.25) is 0 Å². The molecule has 0 bridgehead atoms. The smallest absolute Gasteiger partial charge is 0.261 e. The summed E-state index contributed by atoms with van der Waals surface area (Å²) in [4.78, 5) is 0. The highest BCUT2D eigenvalue weighted by Gasteiger charge is 2.50. The van der Waals surface area contributed by atoms with Crippen LogP contribution in [0.1, 0.15) is 50.0 Å². The molecular formula is C22H24BrNOS. The Labute approximate surface area is 169 Å². The molecular weight excluding hydrogens is 406 g/mol. The molecule has 0 aromatic heterocycles. The molecule has 0 heterocycles. The van der Waals surface area contributed by atoms with Crippen LogP contribution in [0.2, 0.25) is 0 Å². The first-order valence-corrected chi connectivity index (χ1v) is 10.6. The van der Waals surface area contributed by atoms with Gasteiger partial charge >= 0.3 is 0 Å². The Balaban J connectivity index is 1.33. The van der Waals surface area contributed by atoms with E-state index in [9.17, 15) is 0 Å². The Morgan fingerprint density at radius 3 is 2.38 bits per heavy atom. The fraction of sp³-hybridized carbons (Fsp3) is 0.409. The van der Waals surface area contributed by atoms with E-state index < -0.39 is 0 Å². The van der Waals surface area contributed by atoms with E-state index in [2.05, 4.69) is 51.6 Å². The molecule has 0 radical (unpaired) electrons. The molecule has 2 saturated carbocycles. The van der Waals surface area contributed by atoms with E-state index in [4.69, 9.17) is 17.0 Å². The summed E-state index contributed by atoms with van der Waals surface area (Å²) in [5, 5.41) is 3.72. The maximum atomic E-state index is 6.17. The van der Waals surface area contributed by atoms with Gasteiger partial charge in [-0.1, -0.05) is 52.3 Å². The standard InChI is InChI=1S/C22H24BrNOS/c23-18-7-4-8-19(15-18)24-21(26)25-20-11-14-22(20)12-9-17(10-13-22)16-5-2-1-3-6-16/h1-8,15,17,20H,9-14H2,(H,24,26). The summed E-state index contributed by atoms with van der Waals surface area (Å²) in [6, 6.07) is 19.0. The SMILES string of the molecule is S=C(Nc1cccc(Br)c1)OC1CCC12CCC(c1ccccc1)CC2. The lowest BCUT2D eigenvalue weighted by molar-refractivity contribution is -0.0789. The summed E-state index contributed by atoms with van der Waals surface area (Å²) in [6.07, 6.45) is 7.68. The first kappa shape index (κ1) is 18.0. The van der Waals surface area contributed by atoms with Crippen molar-refractivity contribution in [2.75, 3.05) is 5.32 Å². The lowest BCUT2D eigenvalue weighted by Crippen LogP contribution is -2.49. The van der Waals surface area contributed by atoms with E-state index in [-0.39, 0.29) is 6.10 Å². The minimum Gasteiger partial charge on any atom is -0.467 e. The Morgan fingerprint density at radius 2 is 1.73 bits per heavy atom. The van der Waals surface area contributed by atoms with Gasteiger partial charge in [0.05, 0.1) is 0 Å². The van der Waals surface area contributed by atoms with Crippen LogP contribution in [0.25, 0.3) is 0 Å². The van der Waals surface area contributed by atoms with Crippen molar-refractivity contribution in [3.63, 3.8) is 0 Å². The summed E-state index contributed by atoms with van der Waals surface area (Å²) in [5.41, 5.74) is 2.80. The van der Waals surface area contributed by atoms with Crippen LogP contribution in [0.3, 0.4) is 0 Å². The lowest BCUT2D eigenvalue weighted by Gasteiger charge is -2.52. The van der Waals surface area contributed by atoms with Crippen molar-refractivity contribution < 1.29 is 4.74 Å². The fourth-order valence-electron chi connectivity index (χ4n) is 4.52. The average molecular weight is 430 g/mol. The Bertz CT molecular complexity index is 771. The van der Waals surface area contributed by atoms with E-state index in [0.717, 1.165) is 16.6 Å². The molecule has 4 heteroatoms. The van der Waals surface area contributed by atoms with Gasteiger partial charge in [0.15, 0.2) is 0 Å². The number of hydrogen-bond donors (Lipinski definition) is 1. The Kier molecular flexibility index (Phi) is 5.32. The molecule has 1 unspecified atom stereocenters. The number of rotatable bonds is 3. The summed E-state index contributed by atoms with van der Waals surface area (Å²) in [5.74, 6) is 0.704. The van der Waals surface area contributed by atoms with Gasteiger partial charge in [-0.2, -0.15) is 0 Å². The molecule has 26 heavy (non-hydrogen) atoms. The van der Waals surface area contributed by atoms with Gasteiger partial charge in [0.1, 0.15) is 6.10 Å². The number of thiocarbonyl (C=S) groups is 1. The van der Waals surface area contributed by atoms with Crippen molar-refractivity contribution >= 4 is 39.0 Å². The monoisotopic (exact) mass is 429 g/mol. The van der Waals surface area contributed by atoms with E-state index in [1.54, 1.807) is 0 Å². The molecule has 1 N–H and O–H groups in total. The zero-order valence-corrected chi connectivity index (χ0v) is 17.2. The minimum atomic E-state index is 0.270. The van der Waals surface area contributed by atoms with Gasteiger partial charge in [0.25, 0.3) is 5.17 Å². The zero-order chi connectivity index (χ0) is 18.0. The molecule has 2 fully saturated rings. The maximum absolute atomic E-state index is 6.17. The Hall–Kier alpha value is -1.39. The largest absolute Gasteiger partial charge is 0.467 e. The molecule has 2 aromatic rings. The highest BCUT2D eigenvalue weighted by molar-refractivity contribution is 9.10. The minimum absolute atomic E-state index is 0.270. The van der Waals surface area contributed by atoms with Gasteiger partial charge in [0.2, 0.25) is 0 Å². The first-order valence-electron chi connectivity index (χ1n) is 9.43. The van der Waals surface area contributed by atoms with Crippen molar-refractivity contribution in [1.82, 2.24) is 0 Å². The van der Waals surface area contributed by atoms with Crippen molar-refractivity contribution in [1.29, 1.82) is 0 Å². The van der Waals surface area contributed by atoms with Gasteiger partial charge in [-0.25, -0.2) is 0 Å². The molecule has 2 aromatic carbocycles. The molecule has 4 rings (SSSR count). The second kappa shape index (κ2) is 7.69. The highest BCUT2D eigenvalue weighted by atomic mass is 79.9. The van der Waals surface area contributed by atoms with Crippen LogP contribution >= 0.6 is 28.1 Å². The van der Waals surface area contributed by atoms with Gasteiger partial charge in [-0.15, -0.1) is 0 Å². The van der Waals surface area contributed by atoms with Crippen LogP contribution in [-0.2, 0) is 4.74 Å². The lowest BCUT2D eigenvalue weighted by atomic mass is 9.56. The molecule has 2 aliphatic rings. The highest BCUT2D eigenvalue weighted by Crippen LogP contribution is 2.55. The summed E-state index contributed by atoms with van der Waals surface area (Å²) in [6.45, 7) is 0. The van der Waals surface area contributed by atoms with Crippen molar-refractivity contribution in [3.8, 4) is 0 Å². The third kappa shape index (κ3) is 3.81. The van der Waals surface area contributed by atoms with Crippen molar-refractivity contribution in [3.05, 3.63) is 64.6 Å². The summed E-state index contributed by atoms with van der Waals surface area (Å²) in [7, 11) is 0. The molecule has 2 nitrogen and oxygen atoms in total. The second-order valence-electron chi connectivity index (χ2n) is 7.62. The molecule has 0 aliphatic heterocycles. The predicted octanol–water partition coefficient (Wildman–Crippen LogP) is 6.67. The van der Waals surface area contributed by atoms with E-state index in [0.29, 0.717) is 16.5 Å². The van der Waals surface area contributed by atoms with E-state index in [1.807, 2.05) is 24.3 Å². The quantitative estimate of drug-likeness (QED) is 0.550. The number of hydrogen-bond acceptors (Lipinski definition) is 2. The number of benzene rings is 2. The van der Waals surface area contributed by atoms with Crippen LogP contribution in [0.4, 0.5) is 5.69 Å². The number of ether oxygens (including phenoxy) is 1. The average Bonchev–Trinajstić information content (AvgIpc) is 2.66. The number of anilines is 1. The van der Waals surface area contributed by atoms with Crippen LogP contribution in [-0.4, -0.2) is 11.3 Å². The van der Waals surface area contributed by atoms with Crippen molar-refractivity contribution in [2.24, 2.45) is 5.41 Å². The molecule has 1 atom stereocenters. The van der Waals surface area contributed by atoms with Crippen LogP contribution < -0.4 is 5.32 Å². The first-order chi connectivity index (χ1) is 12.6. The molecule has 136 valence electrons. The van der Waals surface area contributed by atoms with E-state index in [1.165, 1.54) is 37.7 Å². The third-order valence-electron chi connectivity index (χ3n) is 6.16. The predicted molar refractivity (Wildman–Crippen MR) is 115 cm³/mol. The van der Waals surface area contributed by atoms with E-state index >= 15 is 0 Å². The second-order valence-corrected chi connectivity index (χ2v) is 8.90. The Morgan fingerprint density at radius 1 is 1.00 bits per heavy atom. The summed E-state index contributed by atoms with van der Waals surface area (Å²) < 4.78 is 7.20. The normalized spacial score (nSPS) is 27.6. The summed E-state index contributed by atoms with van der Waals surface area (Å²) >= 11 is 8.95. The molecule has 1 spiro atoms. The topological polar surface area (TPSA) is 21.3 Å². The molecule has 0 amide bonds. The zero-order valence-electron chi connectivity index (χ0n) is 14.8. The molecule has 0 saturated heterocycles. The molecule has 2 aliphatic carbocycles. The van der Waals surface area contributed by atoms with Gasteiger partial charge in [0, 0.05) is 15.6 Å². The van der Waals surface area contributed by atoms with Gasteiger partial charge in [-0.05, 0) is 80.4 Å². The van der Waals surface area contributed by atoms with Crippen molar-refractivity contribution in [2.45, 2.75) is 50.5 Å². The maximum Gasteiger partial charge on any atom is 0.261 e. The van der Waals surface area contributed by atoms with Crippen LogP contribution in [0.5, 0.6) is 0 Å². The number of halogens is 1. The van der Waals surface area contributed by atoms with Gasteiger partial charge < -0.3 is 10.1 Å². The van der Waals surface area contributed by atoms with Crippen LogP contribution in [0, 0.1) is 5.41 Å². The number of nitrogens with one attached hydrogen (secondary N) is 1. The van der Waals surface area contributed by atoms with Crippen LogP contribution in [0.15, 0.2) is 59.1 Å².